The van der Waals surface area contributed by atoms with Gasteiger partial charge in [0.2, 0.25) is 0 Å². The first-order valence-corrected chi connectivity index (χ1v) is 10.1. The maximum atomic E-state index is 12.3. The van der Waals surface area contributed by atoms with Crippen LogP contribution in [0.1, 0.15) is 5.56 Å². The minimum absolute atomic E-state index is 0.157. The molecule has 0 unspecified atom stereocenters. The van der Waals surface area contributed by atoms with Crippen molar-refractivity contribution in [2.45, 2.75) is 10.8 Å². The molecule has 8 heteroatoms. The molecule has 0 atom stereocenters. The van der Waals surface area contributed by atoms with Gasteiger partial charge in [0.25, 0.3) is 10.0 Å². The topological polar surface area (TPSA) is 62.3 Å². The Bertz CT molecular complexity index is 942. The molecule has 0 amide bonds. The van der Waals surface area contributed by atoms with Crippen LogP contribution in [0.25, 0.3) is 0 Å². The van der Waals surface area contributed by atoms with Crippen molar-refractivity contribution < 1.29 is 8.42 Å². The van der Waals surface area contributed by atoms with E-state index in [0.717, 1.165) is 23.6 Å². The molecule has 0 saturated carbocycles. The molecule has 0 fully saturated rings. The van der Waals surface area contributed by atoms with Crippen molar-refractivity contribution in [1.29, 1.82) is 0 Å². The van der Waals surface area contributed by atoms with Gasteiger partial charge in [0.15, 0.2) is 0 Å². The number of hydrogen-bond acceptors (Lipinski definition) is 5. The summed E-state index contributed by atoms with van der Waals surface area (Å²) in [5.74, 6) is 0.265. The molecule has 0 aliphatic rings. The summed E-state index contributed by atoms with van der Waals surface area (Å²) in [5.41, 5.74) is 2.08. The number of anilines is 2. The first-order valence-electron chi connectivity index (χ1n) is 7.43. The minimum Gasteiger partial charge on any atom is -0.369 e. The minimum atomic E-state index is -3.67. The monoisotopic (exact) mass is 393 g/mol. The number of aromatic nitrogens is 1. The maximum absolute atomic E-state index is 12.3. The van der Waals surface area contributed by atoms with Crippen molar-refractivity contribution >= 4 is 44.5 Å². The number of thiophene rings is 1. The summed E-state index contributed by atoms with van der Waals surface area (Å²) in [6.45, 7) is 0.737. The number of hydrogen-bond donors (Lipinski definition) is 1. The van der Waals surface area contributed by atoms with E-state index in [9.17, 15) is 8.42 Å². The zero-order valence-corrected chi connectivity index (χ0v) is 15.8. The van der Waals surface area contributed by atoms with Crippen LogP contribution in [0.2, 0.25) is 4.34 Å². The fraction of sp³-hybridized carbons (Fsp3) is 0.118. The van der Waals surface area contributed by atoms with Crippen LogP contribution < -0.4 is 9.62 Å². The average Bonchev–Trinajstić information content (AvgIpc) is 3.03. The first-order chi connectivity index (χ1) is 11.9. The largest absolute Gasteiger partial charge is 0.369 e. The first kappa shape index (κ1) is 17.7. The fourth-order valence-electron chi connectivity index (χ4n) is 2.25. The van der Waals surface area contributed by atoms with Crippen LogP contribution in [0.5, 0.6) is 0 Å². The summed E-state index contributed by atoms with van der Waals surface area (Å²) in [5, 5.41) is 0. The van der Waals surface area contributed by atoms with Crippen molar-refractivity contribution in [3.05, 3.63) is 70.7 Å². The molecule has 5 nitrogen and oxygen atoms in total. The fourth-order valence-corrected chi connectivity index (χ4v) is 4.74. The van der Waals surface area contributed by atoms with E-state index in [1.807, 2.05) is 36.2 Å². The third-order valence-corrected chi connectivity index (χ3v) is 6.58. The van der Waals surface area contributed by atoms with Crippen LogP contribution in [0, 0.1) is 0 Å². The van der Waals surface area contributed by atoms with Crippen molar-refractivity contribution in [1.82, 2.24) is 4.98 Å². The van der Waals surface area contributed by atoms with Crippen LogP contribution in [0.4, 0.5) is 11.5 Å². The van der Waals surface area contributed by atoms with E-state index in [2.05, 4.69) is 21.8 Å². The van der Waals surface area contributed by atoms with E-state index in [1.165, 1.54) is 11.6 Å². The van der Waals surface area contributed by atoms with Crippen LogP contribution in [0.3, 0.4) is 0 Å². The summed E-state index contributed by atoms with van der Waals surface area (Å²) in [7, 11) is -1.71. The maximum Gasteiger partial charge on any atom is 0.272 e. The molecule has 0 saturated heterocycles. The molecule has 0 bridgehead atoms. The van der Waals surface area contributed by atoms with Gasteiger partial charge in [-0.2, -0.15) is 0 Å². The molecular formula is C17H16ClN3O2S2. The van der Waals surface area contributed by atoms with Gasteiger partial charge in [-0.25, -0.2) is 13.4 Å². The molecule has 25 heavy (non-hydrogen) atoms. The Morgan fingerprint density at radius 3 is 2.48 bits per heavy atom. The number of pyridine rings is 1. The van der Waals surface area contributed by atoms with Gasteiger partial charge in [-0.1, -0.05) is 41.9 Å². The Morgan fingerprint density at radius 1 is 1.12 bits per heavy atom. The second-order valence-electron chi connectivity index (χ2n) is 5.41. The Morgan fingerprint density at radius 2 is 1.88 bits per heavy atom. The highest BCUT2D eigenvalue weighted by Crippen LogP contribution is 2.27. The quantitative estimate of drug-likeness (QED) is 0.680. The summed E-state index contributed by atoms with van der Waals surface area (Å²) in [6.07, 6.45) is 1.64. The summed E-state index contributed by atoms with van der Waals surface area (Å²) in [4.78, 5) is 6.24. The van der Waals surface area contributed by atoms with Crippen LogP contribution >= 0.6 is 22.9 Å². The summed E-state index contributed by atoms with van der Waals surface area (Å²) < 4.78 is 27.6. The predicted molar refractivity (Wildman–Crippen MR) is 103 cm³/mol. The molecule has 0 aliphatic carbocycles. The van der Waals surface area contributed by atoms with Gasteiger partial charge in [-0.15, -0.1) is 11.3 Å². The second-order valence-corrected chi connectivity index (χ2v) is 9.03. The van der Waals surface area contributed by atoms with Gasteiger partial charge in [0.1, 0.15) is 10.0 Å². The van der Waals surface area contributed by atoms with E-state index < -0.39 is 10.0 Å². The highest BCUT2D eigenvalue weighted by Gasteiger charge is 2.17. The lowest BCUT2D eigenvalue weighted by Crippen LogP contribution is -2.17. The Labute approximate surface area is 156 Å². The van der Waals surface area contributed by atoms with Gasteiger partial charge in [-0.3, -0.25) is 4.72 Å². The third kappa shape index (κ3) is 4.50. The lowest BCUT2D eigenvalue weighted by Gasteiger charge is -2.19. The average molecular weight is 394 g/mol. The van der Waals surface area contributed by atoms with Crippen molar-refractivity contribution in [3.63, 3.8) is 0 Å². The van der Waals surface area contributed by atoms with Gasteiger partial charge in [0, 0.05) is 13.6 Å². The Hall–Kier alpha value is -2.09. The number of nitrogens with zero attached hydrogens (tertiary/aromatic N) is 2. The molecule has 3 rings (SSSR count). The van der Waals surface area contributed by atoms with E-state index in [4.69, 9.17) is 11.6 Å². The predicted octanol–water partition coefficient (Wildman–Crippen LogP) is 4.23. The molecular weight excluding hydrogens is 378 g/mol. The van der Waals surface area contributed by atoms with E-state index in [1.54, 1.807) is 18.3 Å². The van der Waals surface area contributed by atoms with Gasteiger partial charge < -0.3 is 4.90 Å². The van der Waals surface area contributed by atoms with Crippen molar-refractivity contribution in [3.8, 4) is 0 Å². The SMILES string of the molecule is CN(Cc1ccccc1)c1ccc(NS(=O)(=O)c2ccc(Cl)s2)nc1. The zero-order valence-electron chi connectivity index (χ0n) is 13.4. The summed E-state index contributed by atoms with van der Waals surface area (Å²) in [6, 6.07) is 16.6. The zero-order chi connectivity index (χ0) is 17.9. The molecule has 3 aromatic rings. The van der Waals surface area contributed by atoms with Crippen molar-refractivity contribution in [2.24, 2.45) is 0 Å². The van der Waals surface area contributed by atoms with Gasteiger partial charge >= 0.3 is 0 Å². The number of benzene rings is 1. The standard InChI is InChI=1S/C17H16ClN3O2S2/c1-21(12-13-5-3-2-4-6-13)14-7-9-16(19-11-14)20-25(22,23)17-10-8-15(18)24-17/h2-11H,12H2,1H3,(H,19,20). The molecule has 0 spiro atoms. The van der Waals surface area contributed by atoms with Crippen LogP contribution in [-0.4, -0.2) is 20.4 Å². The number of nitrogens with one attached hydrogen (secondary N) is 1. The van der Waals surface area contributed by atoms with Gasteiger partial charge in [-0.05, 0) is 29.8 Å². The van der Waals surface area contributed by atoms with E-state index in [0.29, 0.717) is 4.34 Å². The number of halogens is 1. The second kappa shape index (κ2) is 7.43. The molecule has 1 aromatic carbocycles. The smallest absolute Gasteiger partial charge is 0.272 e. The number of sulfonamides is 1. The summed E-state index contributed by atoms with van der Waals surface area (Å²) >= 11 is 6.80. The number of rotatable bonds is 6. The highest BCUT2D eigenvalue weighted by atomic mass is 35.5. The molecule has 0 radical (unpaired) electrons. The van der Waals surface area contributed by atoms with Crippen molar-refractivity contribution in [2.75, 3.05) is 16.7 Å². The molecule has 2 aromatic heterocycles. The van der Waals surface area contributed by atoms with E-state index in [-0.39, 0.29) is 10.0 Å². The van der Waals surface area contributed by atoms with Crippen LogP contribution in [-0.2, 0) is 16.6 Å². The molecule has 130 valence electrons. The highest BCUT2D eigenvalue weighted by molar-refractivity contribution is 7.94. The Kier molecular flexibility index (Phi) is 5.27. The molecule has 0 aliphatic heterocycles. The molecule has 2 heterocycles. The van der Waals surface area contributed by atoms with Gasteiger partial charge in [0.05, 0.1) is 16.2 Å². The van der Waals surface area contributed by atoms with Crippen LogP contribution in [0.15, 0.2) is 65.0 Å². The Balaban J connectivity index is 1.70. The van der Waals surface area contributed by atoms with E-state index >= 15 is 0 Å². The lowest BCUT2D eigenvalue weighted by atomic mass is 10.2. The normalized spacial score (nSPS) is 11.3. The third-order valence-electron chi connectivity index (χ3n) is 3.50. The lowest BCUT2D eigenvalue weighted by molar-refractivity contribution is 0.603. The molecule has 1 N–H and O–H groups in total.